The minimum absolute atomic E-state index is 0.0664. The number of ether oxygens (including phenoxy) is 2. The van der Waals surface area contributed by atoms with Crippen molar-refractivity contribution in [3.63, 3.8) is 0 Å². The maximum Gasteiger partial charge on any atom is 0.490 e. The van der Waals surface area contributed by atoms with E-state index in [1.807, 2.05) is 0 Å². The summed E-state index contributed by atoms with van der Waals surface area (Å²) in [6, 6.07) is 4.67. The number of alkyl halides is 3. The van der Waals surface area contributed by atoms with E-state index in [4.69, 9.17) is 24.5 Å². The van der Waals surface area contributed by atoms with Gasteiger partial charge in [-0.05, 0) is 18.2 Å². The number of halogens is 3. The molecule has 2 N–H and O–H groups in total. The number of hydrogen-bond donors (Lipinski definition) is 3. The molecule has 1 aliphatic rings. The van der Waals surface area contributed by atoms with Gasteiger partial charge in [0.2, 0.25) is 16.0 Å². The first-order valence-electron chi connectivity index (χ1n) is 9.90. The van der Waals surface area contributed by atoms with Gasteiger partial charge in [0, 0.05) is 43.9 Å². The molecule has 16 heteroatoms. The van der Waals surface area contributed by atoms with Crippen molar-refractivity contribution < 1.29 is 55.7 Å². The molecule has 2 rings (SSSR count). The van der Waals surface area contributed by atoms with E-state index < -0.39 is 34.1 Å². The first-order valence-corrected chi connectivity index (χ1v) is 12.0. The number of carbonyl (C=O) groups excluding carboxylic acids is 1. The van der Waals surface area contributed by atoms with Crippen LogP contribution < -0.4 is 4.74 Å². The average molecular weight is 547 g/mol. The van der Waals surface area contributed by atoms with Gasteiger partial charge in [0.15, 0.2) is 0 Å². The van der Waals surface area contributed by atoms with Crippen LogP contribution in [0, 0.1) is 0 Å². The van der Waals surface area contributed by atoms with Crippen molar-refractivity contribution in [1.82, 2.24) is 9.21 Å². The summed E-state index contributed by atoms with van der Waals surface area (Å²) in [7, 11) is -1.35. The third-order valence-corrected chi connectivity index (χ3v) is 6.14. The van der Waals surface area contributed by atoms with Crippen LogP contribution in [-0.4, -0.2) is 103 Å². The lowest BCUT2D eigenvalue weighted by molar-refractivity contribution is -0.192. The lowest BCUT2D eigenvalue weighted by Crippen LogP contribution is -2.41. The SMILES string of the molecule is COc1ccc(C(=O)SCC(=O)O)cc1CN(CCN1CCOCC1)[SH](=O)=O.O=C(O)C(F)(F)F. The average Bonchev–Trinajstić information content (AvgIpc) is 2.80. The van der Waals surface area contributed by atoms with Crippen molar-refractivity contribution >= 4 is 39.7 Å². The molecular formula is C19H25F3N2O9S2. The molecule has 0 unspecified atom stereocenters. The highest BCUT2D eigenvalue weighted by Gasteiger charge is 2.38. The summed E-state index contributed by atoms with van der Waals surface area (Å²) in [5.74, 6) is -3.71. The Bertz CT molecular complexity index is 944. The van der Waals surface area contributed by atoms with Crippen LogP contribution in [0.4, 0.5) is 13.2 Å². The molecule has 0 atom stereocenters. The maximum atomic E-state index is 12.2. The second kappa shape index (κ2) is 14.9. The summed E-state index contributed by atoms with van der Waals surface area (Å²) >= 11 is 0.683. The summed E-state index contributed by atoms with van der Waals surface area (Å²) in [6.07, 6.45) is -5.08. The van der Waals surface area contributed by atoms with E-state index in [9.17, 15) is 31.2 Å². The minimum atomic E-state index is -5.08. The minimum Gasteiger partial charge on any atom is -0.496 e. The molecule has 0 saturated carbocycles. The number of carbonyl (C=O) groups is 3. The Morgan fingerprint density at radius 2 is 1.80 bits per heavy atom. The molecular weight excluding hydrogens is 521 g/mol. The van der Waals surface area contributed by atoms with Crippen LogP contribution in [0.15, 0.2) is 18.2 Å². The van der Waals surface area contributed by atoms with Crippen molar-refractivity contribution in [3.05, 3.63) is 29.3 Å². The van der Waals surface area contributed by atoms with Crippen molar-refractivity contribution in [1.29, 1.82) is 0 Å². The van der Waals surface area contributed by atoms with E-state index >= 15 is 0 Å². The molecule has 1 aliphatic heterocycles. The van der Waals surface area contributed by atoms with Crippen LogP contribution in [0.25, 0.3) is 0 Å². The number of benzene rings is 1. The third-order valence-electron chi connectivity index (χ3n) is 4.45. The van der Waals surface area contributed by atoms with Gasteiger partial charge in [-0.1, -0.05) is 11.8 Å². The quantitative estimate of drug-likeness (QED) is 0.360. The molecule has 0 bridgehead atoms. The van der Waals surface area contributed by atoms with Gasteiger partial charge < -0.3 is 19.7 Å². The van der Waals surface area contributed by atoms with Gasteiger partial charge in [0.25, 0.3) is 0 Å². The molecule has 0 amide bonds. The Morgan fingerprint density at radius 1 is 1.20 bits per heavy atom. The number of methoxy groups -OCH3 is 1. The Kier molecular flexibility index (Phi) is 13.0. The fourth-order valence-electron chi connectivity index (χ4n) is 2.74. The molecule has 0 radical (unpaired) electrons. The smallest absolute Gasteiger partial charge is 0.490 e. The highest BCUT2D eigenvalue weighted by atomic mass is 32.2. The maximum absolute atomic E-state index is 12.2. The lowest BCUT2D eigenvalue weighted by atomic mass is 10.1. The number of nitrogens with zero attached hydrogens (tertiary/aromatic N) is 2. The molecule has 35 heavy (non-hydrogen) atoms. The largest absolute Gasteiger partial charge is 0.496 e. The van der Waals surface area contributed by atoms with Crippen LogP contribution in [0.5, 0.6) is 5.75 Å². The predicted octanol–water partition coefficient (Wildman–Crippen LogP) is 0.947. The molecule has 1 heterocycles. The van der Waals surface area contributed by atoms with E-state index in [0.717, 1.165) is 13.1 Å². The zero-order chi connectivity index (χ0) is 26.6. The van der Waals surface area contributed by atoms with Gasteiger partial charge in [-0.15, -0.1) is 0 Å². The van der Waals surface area contributed by atoms with Crippen LogP contribution >= 0.6 is 11.8 Å². The highest BCUT2D eigenvalue weighted by molar-refractivity contribution is 8.14. The fraction of sp³-hybridized carbons (Fsp3) is 0.526. The van der Waals surface area contributed by atoms with Gasteiger partial charge in [0.05, 0.1) is 26.1 Å². The predicted molar refractivity (Wildman–Crippen MR) is 119 cm³/mol. The van der Waals surface area contributed by atoms with Crippen molar-refractivity contribution in [3.8, 4) is 5.75 Å². The lowest BCUT2D eigenvalue weighted by Gasteiger charge is -2.28. The number of aliphatic carboxylic acids is 2. The summed E-state index contributed by atoms with van der Waals surface area (Å²) in [5, 5.41) is 15.4. The zero-order valence-electron chi connectivity index (χ0n) is 18.5. The number of rotatable bonds is 10. The second-order valence-electron chi connectivity index (χ2n) is 6.88. The third kappa shape index (κ3) is 11.7. The summed E-state index contributed by atoms with van der Waals surface area (Å²) in [5.41, 5.74) is 0.849. The molecule has 0 aromatic heterocycles. The summed E-state index contributed by atoms with van der Waals surface area (Å²) < 4.78 is 67.1. The van der Waals surface area contributed by atoms with Crippen molar-refractivity contribution in [2.45, 2.75) is 12.7 Å². The number of thiol groups is 1. The fourth-order valence-corrected chi connectivity index (χ4v) is 3.81. The van der Waals surface area contributed by atoms with Crippen LogP contribution in [0.3, 0.4) is 0 Å². The molecule has 1 aromatic carbocycles. The highest BCUT2D eigenvalue weighted by Crippen LogP contribution is 2.24. The first-order chi connectivity index (χ1) is 16.3. The van der Waals surface area contributed by atoms with E-state index in [-0.39, 0.29) is 12.3 Å². The number of thioether (sulfide) groups is 1. The Balaban J connectivity index is 0.000000762. The Labute approximate surface area is 204 Å². The molecule has 1 aromatic rings. The van der Waals surface area contributed by atoms with Crippen LogP contribution in [0.2, 0.25) is 0 Å². The number of carboxylic acid groups (broad SMARTS) is 2. The molecule has 0 aliphatic carbocycles. The van der Waals surface area contributed by atoms with E-state index in [2.05, 4.69) is 4.90 Å². The van der Waals surface area contributed by atoms with Gasteiger partial charge >= 0.3 is 18.1 Å². The molecule has 11 nitrogen and oxygen atoms in total. The normalized spacial score (nSPS) is 14.3. The second-order valence-corrected chi connectivity index (χ2v) is 8.87. The number of morpholine rings is 1. The molecule has 1 saturated heterocycles. The summed E-state index contributed by atoms with van der Waals surface area (Å²) in [6.45, 7) is 3.76. The van der Waals surface area contributed by atoms with E-state index in [1.54, 1.807) is 12.1 Å². The van der Waals surface area contributed by atoms with Gasteiger partial charge in [-0.3, -0.25) is 14.5 Å². The van der Waals surface area contributed by atoms with Gasteiger partial charge in [-0.25, -0.2) is 13.2 Å². The topological polar surface area (TPSA) is 151 Å². The molecule has 1 fully saturated rings. The standard InChI is InChI=1S/C17H24N2O7S2.C2HF3O2/c1-25-15-3-2-13(17(22)27-12-16(20)21)10-14(15)11-19(28(23)24)5-4-18-6-8-26-9-7-18;3-2(4,5)1(6)7/h2-3,10,28H,4-9,11-12H2,1H3,(H,20,21);(H,6,7). The zero-order valence-corrected chi connectivity index (χ0v) is 20.2. The number of carboxylic acids is 2. The Hall–Kier alpha value is -2.40. The van der Waals surface area contributed by atoms with E-state index in [1.165, 1.54) is 17.5 Å². The summed E-state index contributed by atoms with van der Waals surface area (Å²) in [4.78, 5) is 33.8. The first kappa shape index (κ1) is 30.6. The van der Waals surface area contributed by atoms with Crippen LogP contribution in [-0.2, 0) is 31.8 Å². The monoisotopic (exact) mass is 546 g/mol. The van der Waals surface area contributed by atoms with Crippen molar-refractivity contribution in [2.24, 2.45) is 0 Å². The van der Waals surface area contributed by atoms with E-state index in [0.29, 0.717) is 54.9 Å². The molecule has 0 spiro atoms. The van der Waals surface area contributed by atoms with Crippen LogP contribution in [0.1, 0.15) is 15.9 Å². The van der Waals surface area contributed by atoms with Gasteiger partial charge in [0.1, 0.15) is 5.75 Å². The number of hydrogen-bond acceptors (Lipinski definition) is 9. The van der Waals surface area contributed by atoms with Crippen molar-refractivity contribution in [2.75, 3.05) is 52.3 Å². The molecule has 198 valence electrons. The van der Waals surface area contributed by atoms with Gasteiger partial charge in [-0.2, -0.15) is 17.5 Å². The Morgan fingerprint density at radius 3 is 2.29 bits per heavy atom.